The lowest BCUT2D eigenvalue weighted by Gasteiger charge is -2.03. The van der Waals surface area contributed by atoms with E-state index in [0.29, 0.717) is 5.56 Å². The number of halogens is 1. The predicted octanol–water partition coefficient (Wildman–Crippen LogP) is 2.13. The van der Waals surface area contributed by atoms with Gasteiger partial charge in [0.2, 0.25) is 5.91 Å². The van der Waals surface area contributed by atoms with Crippen molar-refractivity contribution in [2.45, 2.75) is 13.3 Å². The first-order chi connectivity index (χ1) is 6.50. The third kappa shape index (κ3) is 2.42. The monoisotopic (exact) mass is 195 g/mol. The molecular weight excluding hydrogens is 181 g/mol. The summed E-state index contributed by atoms with van der Waals surface area (Å²) in [6, 6.07) is 4.65. The van der Waals surface area contributed by atoms with Crippen LogP contribution in [0.5, 0.6) is 0 Å². The summed E-state index contributed by atoms with van der Waals surface area (Å²) in [6.07, 6.45) is -0.0672. The highest BCUT2D eigenvalue weighted by molar-refractivity contribution is 5.76. The van der Waals surface area contributed by atoms with Crippen LogP contribution in [-0.2, 0) is 11.2 Å². The third-order valence-corrected chi connectivity index (χ3v) is 1.91. The molecule has 1 rings (SSSR count). The Labute approximate surface area is 83.7 Å². The van der Waals surface area contributed by atoms with Crippen LogP contribution in [0.25, 0.3) is 5.57 Å². The van der Waals surface area contributed by atoms with Crippen LogP contribution in [0.3, 0.4) is 0 Å². The highest BCUT2D eigenvalue weighted by Gasteiger charge is 2.06. The fourth-order valence-electron chi connectivity index (χ4n) is 1.14. The quantitative estimate of drug-likeness (QED) is 0.788. The zero-order chi connectivity index (χ0) is 10.7. The Morgan fingerprint density at radius 1 is 1.64 bits per heavy atom. The SMILES string of the molecule is C=C(C)c1ccc(CC(N)=O)c(F)c1.[HH]. The highest BCUT2D eigenvalue weighted by atomic mass is 19.1. The standard InChI is InChI=1S/C11H12FNO.H2/c1-7(2)8-3-4-9(6-11(13)14)10(12)5-8;/h3-5H,1,6H2,2H3,(H2,13,14);1H. The zero-order valence-corrected chi connectivity index (χ0v) is 8.01. The molecule has 1 amide bonds. The first kappa shape index (κ1) is 10.4. The van der Waals surface area contributed by atoms with Gasteiger partial charge in [-0.05, 0) is 24.1 Å². The van der Waals surface area contributed by atoms with Gasteiger partial charge in [-0.1, -0.05) is 24.3 Å². The Balaban J connectivity index is 0.00000196. The Bertz CT molecular complexity index is 390. The smallest absolute Gasteiger partial charge is 0.221 e. The maximum Gasteiger partial charge on any atom is 0.221 e. The number of carbonyl (C=O) groups is 1. The maximum absolute atomic E-state index is 13.3. The van der Waals surface area contributed by atoms with Gasteiger partial charge in [0.1, 0.15) is 5.82 Å². The summed E-state index contributed by atoms with van der Waals surface area (Å²) in [5.41, 5.74) is 6.81. The van der Waals surface area contributed by atoms with Gasteiger partial charge in [0, 0.05) is 1.43 Å². The third-order valence-electron chi connectivity index (χ3n) is 1.91. The molecule has 0 bridgehead atoms. The number of allylic oxidation sites excluding steroid dienone is 1. The summed E-state index contributed by atoms with van der Waals surface area (Å²) in [5, 5.41) is 0. The van der Waals surface area contributed by atoms with Crippen molar-refractivity contribution < 1.29 is 10.6 Å². The van der Waals surface area contributed by atoms with Crippen LogP contribution in [-0.4, -0.2) is 5.91 Å². The van der Waals surface area contributed by atoms with Gasteiger partial charge in [-0.25, -0.2) is 4.39 Å². The summed E-state index contributed by atoms with van der Waals surface area (Å²) in [5.74, 6) is -0.948. The fourth-order valence-corrected chi connectivity index (χ4v) is 1.14. The van der Waals surface area contributed by atoms with E-state index in [4.69, 9.17) is 5.73 Å². The minimum absolute atomic E-state index is 0. The second-order valence-corrected chi connectivity index (χ2v) is 3.23. The Kier molecular flexibility index (Phi) is 3.02. The molecule has 0 aliphatic carbocycles. The molecule has 0 aliphatic heterocycles. The van der Waals surface area contributed by atoms with E-state index in [9.17, 15) is 9.18 Å². The summed E-state index contributed by atoms with van der Waals surface area (Å²) in [4.78, 5) is 10.6. The average Bonchev–Trinajstić information content (AvgIpc) is 2.07. The van der Waals surface area contributed by atoms with Gasteiger partial charge in [0.25, 0.3) is 0 Å². The number of primary amides is 1. The molecule has 0 heterocycles. The molecular formula is C11H14FNO. The van der Waals surface area contributed by atoms with Crippen LogP contribution >= 0.6 is 0 Å². The van der Waals surface area contributed by atoms with E-state index >= 15 is 0 Å². The zero-order valence-electron chi connectivity index (χ0n) is 8.01. The topological polar surface area (TPSA) is 43.1 Å². The highest BCUT2D eigenvalue weighted by Crippen LogP contribution is 2.16. The van der Waals surface area contributed by atoms with E-state index in [0.717, 1.165) is 11.1 Å². The largest absolute Gasteiger partial charge is 0.369 e. The molecule has 0 aromatic heterocycles. The molecule has 0 radical (unpaired) electrons. The van der Waals surface area contributed by atoms with Gasteiger partial charge >= 0.3 is 0 Å². The van der Waals surface area contributed by atoms with Gasteiger partial charge in [-0.3, -0.25) is 4.79 Å². The van der Waals surface area contributed by atoms with Crippen molar-refractivity contribution >= 4 is 11.5 Å². The molecule has 0 aliphatic rings. The van der Waals surface area contributed by atoms with Crippen LogP contribution in [0.1, 0.15) is 19.5 Å². The number of hydrogen-bond donors (Lipinski definition) is 1. The van der Waals surface area contributed by atoms with Crippen molar-refractivity contribution in [3.05, 3.63) is 41.7 Å². The number of carbonyl (C=O) groups excluding carboxylic acids is 1. The van der Waals surface area contributed by atoms with Crippen molar-refractivity contribution in [3.63, 3.8) is 0 Å². The molecule has 3 heteroatoms. The lowest BCUT2D eigenvalue weighted by molar-refractivity contribution is -0.117. The average molecular weight is 195 g/mol. The summed E-state index contributed by atoms with van der Waals surface area (Å²) in [6.45, 7) is 5.49. The number of nitrogens with two attached hydrogens (primary N) is 1. The minimum atomic E-state index is -0.535. The molecule has 1 aromatic rings. The Morgan fingerprint density at radius 3 is 2.71 bits per heavy atom. The maximum atomic E-state index is 13.3. The van der Waals surface area contributed by atoms with Crippen LogP contribution in [0.4, 0.5) is 4.39 Å². The van der Waals surface area contributed by atoms with Gasteiger partial charge < -0.3 is 5.73 Å². The molecule has 76 valence electrons. The summed E-state index contributed by atoms with van der Waals surface area (Å²) < 4.78 is 13.3. The first-order valence-corrected chi connectivity index (χ1v) is 4.23. The van der Waals surface area contributed by atoms with Crippen LogP contribution < -0.4 is 5.73 Å². The lowest BCUT2D eigenvalue weighted by Crippen LogP contribution is -2.14. The van der Waals surface area contributed by atoms with Crippen LogP contribution in [0.2, 0.25) is 0 Å². The van der Waals surface area contributed by atoms with E-state index in [-0.39, 0.29) is 7.85 Å². The van der Waals surface area contributed by atoms with Crippen molar-refractivity contribution in [2.24, 2.45) is 5.73 Å². The number of rotatable bonds is 3. The second kappa shape index (κ2) is 4.05. The van der Waals surface area contributed by atoms with Gasteiger partial charge in [0.15, 0.2) is 0 Å². The normalized spacial score (nSPS) is 9.86. The number of benzene rings is 1. The molecule has 14 heavy (non-hydrogen) atoms. The molecule has 2 N–H and O–H groups in total. The van der Waals surface area contributed by atoms with Crippen molar-refractivity contribution in [1.82, 2.24) is 0 Å². The Hall–Kier alpha value is -1.64. The molecule has 0 atom stereocenters. The van der Waals surface area contributed by atoms with E-state index in [1.54, 1.807) is 19.1 Å². The Morgan fingerprint density at radius 2 is 2.29 bits per heavy atom. The summed E-state index contributed by atoms with van der Waals surface area (Å²) in [7, 11) is 0. The predicted molar refractivity (Wildman–Crippen MR) is 56.1 cm³/mol. The molecule has 0 fully saturated rings. The van der Waals surface area contributed by atoms with Gasteiger partial charge in [-0.15, -0.1) is 0 Å². The van der Waals surface area contributed by atoms with Crippen molar-refractivity contribution in [3.8, 4) is 0 Å². The lowest BCUT2D eigenvalue weighted by atomic mass is 10.0. The molecule has 0 spiro atoms. The second-order valence-electron chi connectivity index (χ2n) is 3.23. The molecule has 0 saturated carbocycles. The molecule has 1 aromatic carbocycles. The number of hydrogen-bond acceptors (Lipinski definition) is 1. The molecule has 0 saturated heterocycles. The van der Waals surface area contributed by atoms with Crippen LogP contribution in [0, 0.1) is 5.82 Å². The molecule has 0 unspecified atom stereocenters. The van der Waals surface area contributed by atoms with Crippen LogP contribution in [0.15, 0.2) is 24.8 Å². The van der Waals surface area contributed by atoms with E-state index in [1.165, 1.54) is 6.07 Å². The van der Waals surface area contributed by atoms with E-state index in [2.05, 4.69) is 6.58 Å². The summed E-state index contributed by atoms with van der Waals surface area (Å²) >= 11 is 0. The van der Waals surface area contributed by atoms with Crippen molar-refractivity contribution in [1.29, 1.82) is 0 Å². The fraction of sp³-hybridized carbons (Fsp3) is 0.182. The van der Waals surface area contributed by atoms with Crippen molar-refractivity contribution in [2.75, 3.05) is 0 Å². The van der Waals surface area contributed by atoms with E-state index < -0.39 is 11.7 Å². The first-order valence-electron chi connectivity index (χ1n) is 4.23. The number of amides is 1. The minimum Gasteiger partial charge on any atom is -0.369 e. The van der Waals surface area contributed by atoms with Gasteiger partial charge in [0.05, 0.1) is 6.42 Å². The molecule has 2 nitrogen and oxygen atoms in total. The van der Waals surface area contributed by atoms with Gasteiger partial charge in [-0.2, -0.15) is 0 Å². The van der Waals surface area contributed by atoms with E-state index in [1.807, 2.05) is 0 Å².